The van der Waals surface area contributed by atoms with Crippen LogP contribution in [0.3, 0.4) is 0 Å². The number of hydrogen-bond donors (Lipinski definition) is 3. The summed E-state index contributed by atoms with van der Waals surface area (Å²) in [5.41, 5.74) is 0.552. The summed E-state index contributed by atoms with van der Waals surface area (Å²) in [6.07, 6.45) is 0.942. The highest BCUT2D eigenvalue weighted by Crippen LogP contribution is 2.21. The number of hydrogen-bond acceptors (Lipinski definition) is 3. The highest BCUT2D eigenvalue weighted by atomic mass is 35.5. The fourth-order valence-corrected chi connectivity index (χ4v) is 2.05. The maximum Gasteiger partial charge on any atom is 0.326 e. The molecule has 0 aromatic heterocycles. The first-order valence-corrected chi connectivity index (χ1v) is 7.78. The van der Waals surface area contributed by atoms with E-state index in [9.17, 15) is 14.4 Å². The number of nitrogens with one attached hydrogen (secondary N) is 2. The van der Waals surface area contributed by atoms with E-state index in [1.54, 1.807) is 19.9 Å². The van der Waals surface area contributed by atoms with Crippen LogP contribution >= 0.6 is 11.6 Å². The number of carboxylic acids is 1. The molecule has 1 rings (SSSR count). The van der Waals surface area contributed by atoms with Crippen molar-refractivity contribution in [3.63, 3.8) is 0 Å². The van der Waals surface area contributed by atoms with Crippen LogP contribution in [0.15, 0.2) is 18.2 Å². The second-order valence-corrected chi connectivity index (χ2v) is 5.90. The Morgan fingerprint density at radius 3 is 2.43 bits per heavy atom. The summed E-state index contributed by atoms with van der Waals surface area (Å²) in [5, 5.41) is 14.4. The molecule has 0 bridgehead atoms. The van der Waals surface area contributed by atoms with Crippen LogP contribution in [0.4, 0.5) is 5.69 Å². The molecule has 0 radical (unpaired) electrons. The van der Waals surface area contributed by atoms with Crippen molar-refractivity contribution in [3.8, 4) is 0 Å². The van der Waals surface area contributed by atoms with Crippen LogP contribution < -0.4 is 10.6 Å². The van der Waals surface area contributed by atoms with Crippen molar-refractivity contribution >= 4 is 35.1 Å². The molecule has 7 heteroatoms. The van der Waals surface area contributed by atoms with E-state index in [4.69, 9.17) is 16.7 Å². The van der Waals surface area contributed by atoms with E-state index in [2.05, 4.69) is 10.6 Å². The molecule has 3 N–H and O–H groups in total. The van der Waals surface area contributed by atoms with Crippen LogP contribution in [-0.2, 0) is 9.59 Å². The zero-order valence-electron chi connectivity index (χ0n) is 13.4. The number of carbonyl (C=O) groups is 3. The van der Waals surface area contributed by atoms with Gasteiger partial charge in [-0.25, -0.2) is 4.79 Å². The zero-order valence-corrected chi connectivity index (χ0v) is 14.1. The molecule has 0 aliphatic carbocycles. The Kier molecular flexibility index (Phi) is 7.03. The number of benzene rings is 1. The molecule has 1 aromatic rings. The first kappa shape index (κ1) is 19.0. The van der Waals surface area contributed by atoms with Gasteiger partial charge in [0.05, 0.1) is 10.6 Å². The van der Waals surface area contributed by atoms with Crippen molar-refractivity contribution in [1.29, 1.82) is 0 Å². The first-order valence-electron chi connectivity index (χ1n) is 7.40. The topological polar surface area (TPSA) is 95.5 Å². The average Bonchev–Trinajstić information content (AvgIpc) is 2.48. The zero-order chi connectivity index (χ0) is 17.6. The maximum absolute atomic E-state index is 12.3. The highest BCUT2D eigenvalue weighted by molar-refractivity contribution is 6.34. The molecule has 0 saturated heterocycles. The van der Waals surface area contributed by atoms with Crippen molar-refractivity contribution in [2.24, 2.45) is 5.92 Å². The van der Waals surface area contributed by atoms with E-state index in [1.807, 2.05) is 6.92 Å². The second-order valence-electron chi connectivity index (χ2n) is 5.49. The van der Waals surface area contributed by atoms with Gasteiger partial charge in [0.25, 0.3) is 5.91 Å². The van der Waals surface area contributed by atoms with Crippen molar-refractivity contribution in [2.45, 2.75) is 39.7 Å². The third kappa shape index (κ3) is 5.56. The second kappa shape index (κ2) is 8.53. The van der Waals surface area contributed by atoms with Gasteiger partial charge in [0, 0.05) is 11.6 Å². The summed E-state index contributed by atoms with van der Waals surface area (Å²) in [6, 6.07) is 3.53. The monoisotopic (exact) mass is 340 g/mol. The molecular weight excluding hydrogens is 320 g/mol. The molecule has 1 unspecified atom stereocenters. The summed E-state index contributed by atoms with van der Waals surface area (Å²) in [5.74, 6) is -2.07. The fourth-order valence-electron chi connectivity index (χ4n) is 1.85. The molecule has 126 valence electrons. The van der Waals surface area contributed by atoms with Crippen LogP contribution in [-0.4, -0.2) is 28.9 Å². The van der Waals surface area contributed by atoms with Gasteiger partial charge >= 0.3 is 5.97 Å². The van der Waals surface area contributed by atoms with Crippen LogP contribution in [0.25, 0.3) is 0 Å². The lowest BCUT2D eigenvalue weighted by molar-refractivity contribution is -0.139. The van der Waals surface area contributed by atoms with Gasteiger partial charge in [-0.3, -0.25) is 9.59 Å². The van der Waals surface area contributed by atoms with E-state index in [-0.39, 0.29) is 22.4 Å². The van der Waals surface area contributed by atoms with Crippen molar-refractivity contribution in [3.05, 3.63) is 28.8 Å². The quantitative estimate of drug-likeness (QED) is 0.711. The summed E-state index contributed by atoms with van der Waals surface area (Å²) in [4.78, 5) is 35.1. The predicted octanol–water partition coefficient (Wildman–Crippen LogP) is 2.92. The Balaban J connectivity index is 2.95. The maximum atomic E-state index is 12.3. The highest BCUT2D eigenvalue weighted by Gasteiger charge is 2.21. The summed E-state index contributed by atoms with van der Waals surface area (Å²) >= 11 is 6.01. The van der Waals surface area contributed by atoms with Crippen LogP contribution in [0.2, 0.25) is 5.02 Å². The summed E-state index contributed by atoms with van der Waals surface area (Å²) in [7, 11) is 0. The molecule has 2 amide bonds. The SMILES string of the molecule is CCCC(NC(=O)c1cc(NC(=O)C(C)C)ccc1Cl)C(=O)O. The van der Waals surface area contributed by atoms with E-state index in [1.165, 1.54) is 12.1 Å². The van der Waals surface area contributed by atoms with Gasteiger partial charge in [0.15, 0.2) is 0 Å². The van der Waals surface area contributed by atoms with E-state index < -0.39 is 17.9 Å². The van der Waals surface area contributed by atoms with Gasteiger partial charge in [-0.2, -0.15) is 0 Å². The van der Waals surface area contributed by atoms with Crippen molar-refractivity contribution < 1.29 is 19.5 Å². The average molecular weight is 341 g/mol. The van der Waals surface area contributed by atoms with Gasteiger partial charge < -0.3 is 15.7 Å². The van der Waals surface area contributed by atoms with Crippen molar-refractivity contribution in [1.82, 2.24) is 5.32 Å². The third-order valence-corrected chi connectivity index (χ3v) is 3.51. The molecule has 0 aliphatic heterocycles. The lowest BCUT2D eigenvalue weighted by Gasteiger charge is -2.15. The van der Waals surface area contributed by atoms with Gasteiger partial charge in [-0.1, -0.05) is 38.8 Å². The number of aliphatic carboxylic acids is 1. The predicted molar refractivity (Wildman–Crippen MR) is 88.7 cm³/mol. The summed E-state index contributed by atoms with van der Waals surface area (Å²) in [6.45, 7) is 5.33. The third-order valence-electron chi connectivity index (χ3n) is 3.18. The standard InChI is InChI=1S/C16H21ClN2O4/c1-4-5-13(16(22)23)19-15(21)11-8-10(6-7-12(11)17)18-14(20)9(2)3/h6-9,13H,4-5H2,1-3H3,(H,18,20)(H,19,21)(H,22,23). The Bertz CT molecular complexity index is 602. The minimum absolute atomic E-state index is 0.121. The minimum atomic E-state index is -1.10. The van der Waals surface area contributed by atoms with E-state index in [0.717, 1.165) is 0 Å². The smallest absolute Gasteiger partial charge is 0.326 e. The fraction of sp³-hybridized carbons (Fsp3) is 0.438. The van der Waals surface area contributed by atoms with Crippen molar-refractivity contribution in [2.75, 3.05) is 5.32 Å². The molecule has 0 heterocycles. The molecular formula is C16H21ClN2O4. The first-order chi connectivity index (χ1) is 10.8. The lowest BCUT2D eigenvalue weighted by atomic mass is 10.1. The molecule has 0 saturated carbocycles. The minimum Gasteiger partial charge on any atom is -0.480 e. The lowest BCUT2D eigenvalue weighted by Crippen LogP contribution is -2.40. The van der Waals surface area contributed by atoms with Gasteiger partial charge in [-0.05, 0) is 24.6 Å². The normalized spacial score (nSPS) is 11.9. The van der Waals surface area contributed by atoms with E-state index in [0.29, 0.717) is 18.5 Å². The number of halogens is 1. The van der Waals surface area contributed by atoms with Gasteiger partial charge in [0.2, 0.25) is 5.91 Å². The number of carboxylic acid groups (broad SMARTS) is 1. The van der Waals surface area contributed by atoms with Crippen LogP contribution in [0.1, 0.15) is 44.0 Å². The molecule has 0 aliphatic rings. The molecule has 1 atom stereocenters. The number of anilines is 1. The van der Waals surface area contributed by atoms with Gasteiger partial charge in [-0.15, -0.1) is 0 Å². The Hall–Kier alpha value is -2.08. The molecule has 6 nitrogen and oxygen atoms in total. The van der Waals surface area contributed by atoms with Crippen LogP contribution in [0.5, 0.6) is 0 Å². The molecule has 0 fully saturated rings. The van der Waals surface area contributed by atoms with E-state index >= 15 is 0 Å². The Labute approximate surface area is 140 Å². The number of rotatable bonds is 7. The van der Waals surface area contributed by atoms with Crippen LogP contribution in [0, 0.1) is 5.92 Å². The number of amides is 2. The number of carbonyl (C=O) groups excluding carboxylic acids is 2. The molecule has 23 heavy (non-hydrogen) atoms. The largest absolute Gasteiger partial charge is 0.480 e. The summed E-state index contributed by atoms with van der Waals surface area (Å²) < 4.78 is 0. The molecule has 1 aromatic carbocycles. The molecule has 0 spiro atoms. The Morgan fingerprint density at radius 1 is 1.26 bits per heavy atom. The Morgan fingerprint density at radius 2 is 1.91 bits per heavy atom. The van der Waals surface area contributed by atoms with Gasteiger partial charge in [0.1, 0.15) is 6.04 Å².